The molecule has 1 saturated heterocycles. The zero-order valence-electron chi connectivity index (χ0n) is 11.1. The van der Waals surface area contributed by atoms with Gasteiger partial charge in [0.1, 0.15) is 0 Å². The van der Waals surface area contributed by atoms with E-state index in [1.165, 1.54) is 13.5 Å². The van der Waals surface area contributed by atoms with Gasteiger partial charge in [-0.2, -0.15) is 0 Å². The molecule has 7 heteroatoms. The van der Waals surface area contributed by atoms with Gasteiger partial charge in [0.25, 0.3) is 0 Å². The molecule has 3 rings (SSSR count). The maximum atomic E-state index is 5.67. The van der Waals surface area contributed by atoms with Crippen LogP contribution in [0.15, 0.2) is 22.1 Å². The number of hydrogen-bond donors (Lipinski definition) is 1. The number of nitrogen functional groups attached to an aromatic ring is 1. The minimum Gasteiger partial charge on any atom is -0.375 e. The molecule has 2 aromatic rings. The van der Waals surface area contributed by atoms with E-state index in [0.717, 1.165) is 39.3 Å². The number of hydrogen-bond acceptors (Lipinski definition) is 6. The summed E-state index contributed by atoms with van der Waals surface area (Å²) in [7, 11) is 0. The number of thiophene rings is 1. The Balaban J connectivity index is 1.47. The highest BCUT2D eigenvalue weighted by atomic mass is 79.9. The molecule has 1 aliphatic heterocycles. The fraction of sp³-hybridized carbons (Fsp3) is 0.462. The first-order valence-corrected chi connectivity index (χ1v) is 9.01. The predicted octanol–water partition coefficient (Wildman–Crippen LogP) is 2.87. The summed E-state index contributed by atoms with van der Waals surface area (Å²) in [6.45, 7) is 6.53. The molecule has 0 radical (unpaired) electrons. The van der Waals surface area contributed by atoms with Crippen LogP contribution in [0.4, 0.5) is 5.13 Å². The highest BCUT2D eigenvalue weighted by Crippen LogP contribution is 2.24. The Kier molecular flexibility index (Phi) is 4.72. The zero-order valence-corrected chi connectivity index (χ0v) is 14.3. The first-order chi connectivity index (χ1) is 9.69. The van der Waals surface area contributed by atoms with Gasteiger partial charge < -0.3 is 5.73 Å². The van der Waals surface area contributed by atoms with Crippen LogP contribution in [-0.2, 0) is 13.1 Å². The van der Waals surface area contributed by atoms with Crippen molar-refractivity contribution < 1.29 is 0 Å². The molecule has 2 N–H and O–H groups in total. The Labute approximate surface area is 135 Å². The van der Waals surface area contributed by atoms with E-state index in [0.29, 0.717) is 5.13 Å². The number of anilines is 1. The third kappa shape index (κ3) is 3.79. The van der Waals surface area contributed by atoms with Crippen molar-refractivity contribution in [1.29, 1.82) is 0 Å². The van der Waals surface area contributed by atoms with Crippen molar-refractivity contribution >= 4 is 43.7 Å². The lowest BCUT2D eigenvalue weighted by molar-refractivity contribution is 0.123. The van der Waals surface area contributed by atoms with Crippen LogP contribution in [0.3, 0.4) is 0 Å². The number of piperazine rings is 1. The summed E-state index contributed by atoms with van der Waals surface area (Å²) in [4.78, 5) is 11.8. The maximum absolute atomic E-state index is 5.67. The topological polar surface area (TPSA) is 45.4 Å². The highest BCUT2D eigenvalue weighted by molar-refractivity contribution is 9.11. The summed E-state index contributed by atoms with van der Waals surface area (Å²) in [6, 6.07) is 4.34. The third-order valence-corrected chi connectivity index (χ3v) is 5.84. The Morgan fingerprint density at radius 1 is 1.05 bits per heavy atom. The first kappa shape index (κ1) is 14.5. The van der Waals surface area contributed by atoms with Gasteiger partial charge in [-0.1, -0.05) is 0 Å². The largest absolute Gasteiger partial charge is 0.375 e. The van der Waals surface area contributed by atoms with Crippen LogP contribution in [0.5, 0.6) is 0 Å². The number of nitrogens with zero attached hydrogens (tertiary/aromatic N) is 3. The predicted molar refractivity (Wildman–Crippen MR) is 89.1 cm³/mol. The fourth-order valence-corrected chi connectivity index (χ4v) is 4.63. The zero-order chi connectivity index (χ0) is 13.9. The Bertz CT molecular complexity index is 510. The molecule has 108 valence electrons. The summed E-state index contributed by atoms with van der Waals surface area (Å²) in [5, 5.41) is 0.668. The Morgan fingerprint density at radius 2 is 1.70 bits per heavy atom. The summed E-state index contributed by atoms with van der Waals surface area (Å²) >= 11 is 6.95. The second-order valence-corrected chi connectivity index (χ2v) is 8.62. The van der Waals surface area contributed by atoms with E-state index < -0.39 is 0 Å². The van der Waals surface area contributed by atoms with Crippen LogP contribution >= 0.6 is 38.6 Å². The van der Waals surface area contributed by atoms with E-state index in [2.05, 4.69) is 42.8 Å². The van der Waals surface area contributed by atoms with E-state index in [1.807, 2.05) is 17.5 Å². The van der Waals surface area contributed by atoms with E-state index in [1.54, 1.807) is 11.3 Å². The summed E-state index contributed by atoms with van der Waals surface area (Å²) in [5.74, 6) is 0. The summed E-state index contributed by atoms with van der Waals surface area (Å²) < 4.78 is 1.22. The molecule has 20 heavy (non-hydrogen) atoms. The normalized spacial score (nSPS) is 17.6. The van der Waals surface area contributed by atoms with Crippen molar-refractivity contribution in [3.05, 3.63) is 31.9 Å². The molecule has 1 aliphatic rings. The van der Waals surface area contributed by atoms with E-state index in [-0.39, 0.29) is 0 Å². The number of rotatable bonds is 4. The molecule has 0 aromatic carbocycles. The minimum atomic E-state index is 0.668. The molecular weight excluding hydrogens is 356 g/mol. The maximum Gasteiger partial charge on any atom is 0.180 e. The van der Waals surface area contributed by atoms with Crippen LogP contribution in [0.1, 0.15) is 9.75 Å². The van der Waals surface area contributed by atoms with Crippen LogP contribution in [0, 0.1) is 0 Å². The second-order valence-electron chi connectivity index (χ2n) is 4.92. The standard InChI is InChI=1S/C13H17BrN4S2/c14-12-2-1-10(19-12)8-17-3-5-18(6-4-17)9-11-7-16-13(15)20-11/h1-2,7H,3-6,8-9H2,(H2,15,16). The number of thiazole rings is 1. The monoisotopic (exact) mass is 372 g/mol. The highest BCUT2D eigenvalue weighted by Gasteiger charge is 2.18. The molecule has 4 nitrogen and oxygen atoms in total. The molecule has 0 unspecified atom stereocenters. The molecule has 3 heterocycles. The summed E-state index contributed by atoms with van der Waals surface area (Å²) in [6.07, 6.45) is 1.90. The number of nitrogens with two attached hydrogens (primary N) is 1. The lowest BCUT2D eigenvalue weighted by Gasteiger charge is -2.34. The van der Waals surface area contributed by atoms with Gasteiger partial charge in [0.2, 0.25) is 0 Å². The lowest BCUT2D eigenvalue weighted by atomic mass is 10.3. The Morgan fingerprint density at radius 3 is 2.20 bits per heavy atom. The molecule has 0 bridgehead atoms. The van der Waals surface area contributed by atoms with Crippen molar-refractivity contribution in [1.82, 2.24) is 14.8 Å². The lowest BCUT2D eigenvalue weighted by Crippen LogP contribution is -2.45. The molecule has 0 aliphatic carbocycles. The molecule has 0 spiro atoms. The van der Waals surface area contributed by atoms with Gasteiger partial charge in [-0.15, -0.1) is 22.7 Å². The smallest absolute Gasteiger partial charge is 0.180 e. The van der Waals surface area contributed by atoms with Crippen LogP contribution in [-0.4, -0.2) is 41.0 Å². The van der Waals surface area contributed by atoms with Crippen LogP contribution in [0.2, 0.25) is 0 Å². The van der Waals surface area contributed by atoms with Gasteiger partial charge in [-0.3, -0.25) is 9.80 Å². The average Bonchev–Trinajstić information content (AvgIpc) is 3.01. The van der Waals surface area contributed by atoms with Crippen LogP contribution in [0.25, 0.3) is 0 Å². The average molecular weight is 373 g/mol. The quantitative estimate of drug-likeness (QED) is 0.895. The van der Waals surface area contributed by atoms with Gasteiger partial charge in [0.15, 0.2) is 5.13 Å². The number of halogens is 1. The van der Waals surface area contributed by atoms with Crippen molar-refractivity contribution in [3.8, 4) is 0 Å². The second kappa shape index (κ2) is 6.53. The van der Waals surface area contributed by atoms with E-state index >= 15 is 0 Å². The molecule has 1 fully saturated rings. The third-order valence-electron chi connectivity index (χ3n) is 3.42. The van der Waals surface area contributed by atoms with Crippen molar-refractivity contribution in [2.24, 2.45) is 0 Å². The first-order valence-electron chi connectivity index (χ1n) is 6.58. The Hall–Kier alpha value is -0.470. The number of aromatic nitrogens is 1. The fourth-order valence-electron chi connectivity index (χ4n) is 2.38. The van der Waals surface area contributed by atoms with Gasteiger partial charge in [-0.05, 0) is 28.1 Å². The van der Waals surface area contributed by atoms with Crippen molar-refractivity contribution in [2.75, 3.05) is 31.9 Å². The van der Waals surface area contributed by atoms with E-state index in [4.69, 9.17) is 5.73 Å². The van der Waals surface area contributed by atoms with E-state index in [9.17, 15) is 0 Å². The van der Waals surface area contributed by atoms with Gasteiger partial charge >= 0.3 is 0 Å². The minimum absolute atomic E-state index is 0.668. The van der Waals surface area contributed by atoms with Crippen molar-refractivity contribution in [3.63, 3.8) is 0 Å². The van der Waals surface area contributed by atoms with Gasteiger partial charge in [0, 0.05) is 55.2 Å². The van der Waals surface area contributed by atoms with Crippen LogP contribution < -0.4 is 5.73 Å². The van der Waals surface area contributed by atoms with Gasteiger partial charge in [0.05, 0.1) is 3.79 Å². The molecule has 2 aromatic heterocycles. The molecule has 0 saturated carbocycles. The molecule has 0 amide bonds. The van der Waals surface area contributed by atoms with Crippen molar-refractivity contribution in [2.45, 2.75) is 13.1 Å². The molecular formula is C13H17BrN4S2. The van der Waals surface area contributed by atoms with Gasteiger partial charge in [-0.25, -0.2) is 4.98 Å². The summed E-state index contributed by atoms with van der Waals surface area (Å²) in [5.41, 5.74) is 5.67. The molecule has 0 atom stereocenters. The SMILES string of the molecule is Nc1ncc(CN2CCN(Cc3ccc(Br)s3)CC2)s1.